The lowest BCUT2D eigenvalue weighted by atomic mass is 10.1. The van der Waals surface area contributed by atoms with Crippen molar-refractivity contribution in [1.29, 1.82) is 0 Å². The molecule has 24 heavy (non-hydrogen) atoms. The highest BCUT2D eigenvalue weighted by Gasteiger charge is 2.17. The Bertz CT molecular complexity index is 981. The molecule has 0 aliphatic carbocycles. The quantitative estimate of drug-likeness (QED) is 0.799. The lowest BCUT2D eigenvalue weighted by molar-refractivity contribution is 0.0695. The molecule has 1 aromatic heterocycles. The lowest BCUT2D eigenvalue weighted by Gasteiger charge is -2.13. The highest BCUT2D eigenvalue weighted by molar-refractivity contribution is 5.92. The molecule has 1 heterocycles. The number of hydrogen-bond donors (Lipinski definition) is 1. The van der Waals surface area contributed by atoms with Crippen molar-refractivity contribution < 1.29 is 18.7 Å². The molecule has 0 unspecified atom stereocenters. The molecule has 4 nitrogen and oxygen atoms in total. The summed E-state index contributed by atoms with van der Waals surface area (Å²) in [5, 5.41) is 9.03. The maximum Gasteiger partial charge on any atom is 0.341 e. The first-order chi connectivity index (χ1) is 11.5. The first kappa shape index (κ1) is 15.9. The molecule has 3 rings (SSSR count). The molecule has 2 aromatic carbocycles. The van der Waals surface area contributed by atoms with Crippen molar-refractivity contribution in [3.63, 3.8) is 0 Å². The predicted octanol–water partition coefficient (Wildman–Crippen LogP) is 3.22. The standard InChI is InChI=1S/C18H13F2NO3/c19-14-8-12-16(9-15(14)20)21(10-13(17(12)22)18(23)24)7-6-11-4-2-1-3-5-11/h1-5,8-10H,6-7H2,(H,23,24). The van der Waals surface area contributed by atoms with Crippen molar-refractivity contribution in [3.8, 4) is 0 Å². The Kier molecular flexibility index (Phi) is 4.12. The van der Waals surface area contributed by atoms with Crippen molar-refractivity contribution in [2.24, 2.45) is 0 Å². The Balaban J connectivity index is 2.14. The molecular formula is C18H13F2NO3. The number of carbonyl (C=O) groups is 1. The number of nitrogens with zero attached hydrogens (tertiary/aromatic N) is 1. The maximum atomic E-state index is 13.6. The van der Waals surface area contributed by atoms with Crippen LogP contribution >= 0.6 is 0 Å². The monoisotopic (exact) mass is 329 g/mol. The third-order valence-electron chi connectivity index (χ3n) is 3.84. The zero-order valence-electron chi connectivity index (χ0n) is 12.5. The smallest absolute Gasteiger partial charge is 0.341 e. The van der Waals surface area contributed by atoms with Crippen LogP contribution in [0.2, 0.25) is 0 Å². The predicted molar refractivity (Wildman–Crippen MR) is 85.2 cm³/mol. The molecule has 0 spiro atoms. The molecule has 122 valence electrons. The molecule has 0 atom stereocenters. The van der Waals surface area contributed by atoms with E-state index in [-0.39, 0.29) is 10.9 Å². The van der Waals surface area contributed by atoms with E-state index < -0.39 is 28.6 Å². The van der Waals surface area contributed by atoms with Gasteiger partial charge in [0, 0.05) is 24.2 Å². The van der Waals surface area contributed by atoms with Gasteiger partial charge in [-0.1, -0.05) is 30.3 Å². The number of fused-ring (bicyclic) bond motifs is 1. The molecule has 3 aromatic rings. The summed E-state index contributed by atoms with van der Waals surface area (Å²) in [6.07, 6.45) is 1.73. The summed E-state index contributed by atoms with van der Waals surface area (Å²) < 4.78 is 28.5. The van der Waals surface area contributed by atoms with Gasteiger partial charge < -0.3 is 9.67 Å². The molecule has 1 N–H and O–H groups in total. The van der Waals surface area contributed by atoms with Crippen LogP contribution in [0.5, 0.6) is 0 Å². The molecule has 0 bridgehead atoms. The first-order valence-electron chi connectivity index (χ1n) is 7.27. The lowest BCUT2D eigenvalue weighted by Crippen LogP contribution is -2.20. The van der Waals surface area contributed by atoms with Gasteiger partial charge in [-0.05, 0) is 18.1 Å². The summed E-state index contributed by atoms with van der Waals surface area (Å²) in [6.45, 7) is 0.326. The van der Waals surface area contributed by atoms with E-state index in [1.807, 2.05) is 30.3 Å². The number of aryl methyl sites for hydroxylation is 2. The van der Waals surface area contributed by atoms with Gasteiger partial charge in [0.2, 0.25) is 5.43 Å². The van der Waals surface area contributed by atoms with Crippen LogP contribution in [0.4, 0.5) is 8.78 Å². The fourth-order valence-electron chi connectivity index (χ4n) is 2.62. The topological polar surface area (TPSA) is 59.3 Å². The SMILES string of the molecule is O=C(O)c1cn(CCc2ccccc2)c2cc(F)c(F)cc2c1=O. The van der Waals surface area contributed by atoms with Gasteiger partial charge in [-0.25, -0.2) is 13.6 Å². The zero-order chi connectivity index (χ0) is 17.3. The van der Waals surface area contributed by atoms with E-state index in [9.17, 15) is 23.5 Å². The minimum atomic E-state index is -1.40. The Morgan fingerprint density at radius 2 is 1.75 bits per heavy atom. The second kappa shape index (κ2) is 6.23. The van der Waals surface area contributed by atoms with E-state index in [2.05, 4.69) is 0 Å². The van der Waals surface area contributed by atoms with Gasteiger partial charge in [0.15, 0.2) is 11.6 Å². The molecule has 0 saturated heterocycles. The number of aromatic carboxylic acids is 1. The number of carboxylic acid groups (broad SMARTS) is 1. The minimum absolute atomic E-state index is 0.151. The van der Waals surface area contributed by atoms with Crippen LogP contribution in [-0.4, -0.2) is 15.6 Å². The minimum Gasteiger partial charge on any atom is -0.477 e. The Morgan fingerprint density at radius 3 is 2.42 bits per heavy atom. The van der Waals surface area contributed by atoms with Gasteiger partial charge in [0.1, 0.15) is 5.56 Å². The third-order valence-corrected chi connectivity index (χ3v) is 3.84. The van der Waals surface area contributed by atoms with E-state index in [0.717, 1.165) is 17.7 Å². The van der Waals surface area contributed by atoms with Gasteiger partial charge in [-0.2, -0.15) is 0 Å². The highest BCUT2D eigenvalue weighted by Crippen LogP contribution is 2.18. The summed E-state index contributed by atoms with van der Waals surface area (Å²) >= 11 is 0. The Labute approximate surface area is 135 Å². The van der Waals surface area contributed by atoms with Crippen molar-refractivity contribution >= 4 is 16.9 Å². The molecule has 0 radical (unpaired) electrons. The number of hydrogen-bond acceptors (Lipinski definition) is 2. The second-order valence-corrected chi connectivity index (χ2v) is 5.39. The average Bonchev–Trinajstić information content (AvgIpc) is 2.57. The van der Waals surface area contributed by atoms with Crippen LogP contribution in [0.15, 0.2) is 53.5 Å². The molecule has 0 aliphatic heterocycles. The molecule has 0 saturated carbocycles. The van der Waals surface area contributed by atoms with Crippen LogP contribution in [0.3, 0.4) is 0 Å². The second-order valence-electron chi connectivity index (χ2n) is 5.39. The Morgan fingerprint density at radius 1 is 1.08 bits per heavy atom. The fourth-order valence-corrected chi connectivity index (χ4v) is 2.62. The Hall–Kier alpha value is -3.02. The van der Waals surface area contributed by atoms with Crippen LogP contribution in [-0.2, 0) is 13.0 Å². The molecular weight excluding hydrogens is 316 g/mol. The largest absolute Gasteiger partial charge is 0.477 e. The van der Waals surface area contributed by atoms with Gasteiger partial charge in [-0.3, -0.25) is 4.79 Å². The average molecular weight is 329 g/mol. The van der Waals surface area contributed by atoms with E-state index >= 15 is 0 Å². The molecule has 0 amide bonds. The normalized spacial score (nSPS) is 10.9. The fraction of sp³-hybridized carbons (Fsp3) is 0.111. The molecule has 6 heteroatoms. The maximum absolute atomic E-state index is 13.6. The van der Waals surface area contributed by atoms with Crippen LogP contribution in [0.25, 0.3) is 10.9 Å². The number of rotatable bonds is 4. The van der Waals surface area contributed by atoms with Crippen molar-refractivity contribution in [3.05, 3.63) is 81.6 Å². The summed E-state index contributed by atoms with van der Waals surface area (Å²) in [6, 6.07) is 11.1. The van der Waals surface area contributed by atoms with Crippen LogP contribution in [0.1, 0.15) is 15.9 Å². The van der Waals surface area contributed by atoms with Crippen molar-refractivity contribution in [1.82, 2.24) is 4.57 Å². The highest BCUT2D eigenvalue weighted by atomic mass is 19.2. The summed E-state index contributed by atoms with van der Waals surface area (Å²) in [7, 11) is 0. The van der Waals surface area contributed by atoms with Gasteiger partial charge >= 0.3 is 5.97 Å². The van der Waals surface area contributed by atoms with E-state index in [1.54, 1.807) is 0 Å². The third kappa shape index (κ3) is 2.90. The molecule has 0 fully saturated rings. The van der Waals surface area contributed by atoms with Crippen LogP contribution in [0, 0.1) is 11.6 Å². The number of carboxylic acids is 1. The number of aromatic nitrogens is 1. The van der Waals surface area contributed by atoms with Crippen molar-refractivity contribution in [2.45, 2.75) is 13.0 Å². The zero-order valence-corrected chi connectivity index (χ0v) is 12.5. The van der Waals surface area contributed by atoms with Gasteiger partial charge in [0.05, 0.1) is 5.52 Å². The van der Waals surface area contributed by atoms with Crippen LogP contribution < -0.4 is 5.43 Å². The first-order valence-corrected chi connectivity index (χ1v) is 7.27. The van der Waals surface area contributed by atoms with E-state index in [1.165, 1.54) is 10.8 Å². The summed E-state index contributed by atoms with van der Waals surface area (Å²) in [5.41, 5.74) is -0.127. The number of benzene rings is 2. The van der Waals surface area contributed by atoms with E-state index in [4.69, 9.17) is 0 Å². The van der Waals surface area contributed by atoms with Gasteiger partial charge in [0.25, 0.3) is 0 Å². The van der Waals surface area contributed by atoms with Gasteiger partial charge in [-0.15, -0.1) is 0 Å². The number of pyridine rings is 1. The summed E-state index contributed by atoms with van der Waals surface area (Å²) in [4.78, 5) is 23.4. The summed E-state index contributed by atoms with van der Waals surface area (Å²) in [5.74, 6) is -3.67. The number of halogens is 2. The van der Waals surface area contributed by atoms with Crippen molar-refractivity contribution in [2.75, 3.05) is 0 Å². The molecule has 0 aliphatic rings. The van der Waals surface area contributed by atoms with E-state index in [0.29, 0.717) is 13.0 Å².